The third kappa shape index (κ3) is 6.80. The number of unbranched alkanes of at least 4 members (excludes halogenated alkanes) is 3. The standard InChI is InChI=1S/C12H21N3S/c1-16-7-5-3-2-4-6-13-8-12-9-14-11-15-10-12/h9-11,13H,2-8H2,1H3. The van der Waals surface area contributed by atoms with Gasteiger partial charge in [0.2, 0.25) is 0 Å². The molecule has 0 amide bonds. The van der Waals surface area contributed by atoms with E-state index in [1.54, 1.807) is 6.33 Å². The van der Waals surface area contributed by atoms with Crippen molar-refractivity contribution in [2.45, 2.75) is 32.2 Å². The molecular weight excluding hydrogens is 218 g/mol. The van der Waals surface area contributed by atoms with E-state index in [2.05, 4.69) is 21.5 Å². The number of hydrogen-bond donors (Lipinski definition) is 1. The number of nitrogens with zero attached hydrogens (tertiary/aromatic N) is 2. The van der Waals surface area contributed by atoms with Gasteiger partial charge in [-0.15, -0.1) is 0 Å². The summed E-state index contributed by atoms with van der Waals surface area (Å²) in [7, 11) is 0. The van der Waals surface area contributed by atoms with Crippen LogP contribution in [0.3, 0.4) is 0 Å². The van der Waals surface area contributed by atoms with E-state index in [4.69, 9.17) is 0 Å². The second-order valence-electron chi connectivity index (χ2n) is 3.83. The van der Waals surface area contributed by atoms with Crippen LogP contribution in [-0.4, -0.2) is 28.5 Å². The summed E-state index contributed by atoms with van der Waals surface area (Å²) < 4.78 is 0. The topological polar surface area (TPSA) is 37.8 Å². The fraction of sp³-hybridized carbons (Fsp3) is 0.667. The van der Waals surface area contributed by atoms with Gasteiger partial charge in [0, 0.05) is 24.5 Å². The molecule has 0 aliphatic heterocycles. The summed E-state index contributed by atoms with van der Waals surface area (Å²) in [6.07, 6.45) is 12.8. The predicted molar refractivity (Wildman–Crippen MR) is 70.6 cm³/mol. The van der Waals surface area contributed by atoms with Gasteiger partial charge in [0.1, 0.15) is 6.33 Å². The maximum Gasteiger partial charge on any atom is 0.115 e. The van der Waals surface area contributed by atoms with Crippen molar-refractivity contribution >= 4 is 11.8 Å². The van der Waals surface area contributed by atoms with Crippen LogP contribution in [0.2, 0.25) is 0 Å². The molecule has 1 rings (SSSR count). The minimum atomic E-state index is 0.881. The van der Waals surface area contributed by atoms with Crippen molar-refractivity contribution in [1.82, 2.24) is 15.3 Å². The Labute approximate surface area is 102 Å². The van der Waals surface area contributed by atoms with Gasteiger partial charge >= 0.3 is 0 Å². The average Bonchev–Trinajstić information content (AvgIpc) is 2.34. The van der Waals surface area contributed by atoms with Crippen molar-refractivity contribution < 1.29 is 0 Å². The van der Waals surface area contributed by atoms with Gasteiger partial charge in [-0.2, -0.15) is 11.8 Å². The molecule has 0 aliphatic carbocycles. The molecule has 3 nitrogen and oxygen atoms in total. The lowest BCUT2D eigenvalue weighted by Crippen LogP contribution is -2.14. The van der Waals surface area contributed by atoms with Gasteiger partial charge in [0.25, 0.3) is 0 Å². The molecule has 0 bridgehead atoms. The van der Waals surface area contributed by atoms with Crippen molar-refractivity contribution in [3.63, 3.8) is 0 Å². The van der Waals surface area contributed by atoms with Crippen LogP contribution in [0.25, 0.3) is 0 Å². The van der Waals surface area contributed by atoms with E-state index in [1.807, 2.05) is 24.2 Å². The van der Waals surface area contributed by atoms with Crippen LogP contribution in [0.5, 0.6) is 0 Å². The van der Waals surface area contributed by atoms with Crippen LogP contribution in [-0.2, 0) is 6.54 Å². The maximum atomic E-state index is 3.98. The van der Waals surface area contributed by atoms with Crippen molar-refractivity contribution in [3.8, 4) is 0 Å². The third-order valence-corrected chi connectivity index (χ3v) is 3.09. The molecule has 0 saturated heterocycles. The second kappa shape index (κ2) is 9.60. The lowest BCUT2D eigenvalue weighted by atomic mass is 10.2. The van der Waals surface area contributed by atoms with Gasteiger partial charge in [-0.1, -0.05) is 12.8 Å². The normalized spacial score (nSPS) is 10.6. The molecule has 0 radical (unpaired) electrons. The van der Waals surface area contributed by atoms with E-state index < -0.39 is 0 Å². The lowest BCUT2D eigenvalue weighted by Gasteiger charge is -2.04. The zero-order chi connectivity index (χ0) is 11.5. The highest BCUT2D eigenvalue weighted by Crippen LogP contribution is 2.04. The van der Waals surface area contributed by atoms with Gasteiger partial charge in [-0.05, 0) is 31.4 Å². The van der Waals surface area contributed by atoms with Crippen LogP contribution < -0.4 is 5.32 Å². The first-order valence-corrected chi connectivity index (χ1v) is 7.26. The average molecular weight is 239 g/mol. The summed E-state index contributed by atoms with van der Waals surface area (Å²) in [4.78, 5) is 7.96. The highest BCUT2D eigenvalue weighted by molar-refractivity contribution is 7.98. The molecule has 0 saturated carbocycles. The Kier molecular flexibility index (Phi) is 8.08. The summed E-state index contributed by atoms with van der Waals surface area (Å²) in [6.45, 7) is 1.97. The Bertz CT molecular complexity index is 254. The lowest BCUT2D eigenvalue weighted by molar-refractivity contribution is 0.598. The quantitative estimate of drug-likeness (QED) is 0.672. The Morgan fingerprint density at radius 2 is 1.88 bits per heavy atom. The third-order valence-electron chi connectivity index (χ3n) is 2.40. The van der Waals surface area contributed by atoms with Gasteiger partial charge in [0.15, 0.2) is 0 Å². The van der Waals surface area contributed by atoms with Crippen molar-refractivity contribution in [2.24, 2.45) is 0 Å². The van der Waals surface area contributed by atoms with Crippen LogP contribution >= 0.6 is 11.8 Å². The zero-order valence-electron chi connectivity index (χ0n) is 9.98. The van der Waals surface area contributed by atoms with Crippen LogP contribution in [0.4, 0.5) is 0 Å². The molecule has 1 aromatic heterocycles. The maximum absolute atomic E-state index is 3.98. The van der Waals surface area contributed by atoms with Crippen molar-refractivity contribution in [3.05, 3.63) is 24.3 Å². The van der Waals surface area contributed by atoms with Crippen LogP contribution in [0.15, 0.2) is 18.7 Å². The minimum absolute atomic E-state index is 0.881. The molecule has 1 aromatic rings. The van der Waals surface area contributed by atoms with Crippen molar-refractivity contribution in [2.75, 3.05) is 18.6 Å². The fourth-order valence-corrected chi connectivity index (χ4v) is 2.00. The van der Waals surface area contributed by atoms with Crippen LogP contribution in [0.1, 0.15) is 31.2 Å². The zero-order valence-corrected chi connectivity index (χ0v) is 10.8. The molecule has 0 fully saturated rings. The molecule has 16 heavy (non-hydrogen) atoms. The number of rotatable bonds is 9. The smallest absolute Gasteiger partial charge is 0.115 e. The Balaban J connectivity index is 1.89. The molecule has 1 heterocycles. The number of aromatic nitrogens is 2. The molecule has 0 atom stereocenters. The monoisotopic (exact) mass is 239 g/mol. The van der Waals surface area contributed by atoms with Gasteiger partial charge < -0.3 is 5.32 Å². The Morgan fingerprint density at radius 3 is 2.62 bits per heavy atom. The summed E-state index contributed by atoms with van der Waals surface area (Å²) >= 11 is 1.94. The Morgan fingerprint density at radius 1 is 1.12 bits per heavy atom. The predicted octanol–water partition coefficient (Wildman–Crippen LogP) is 2.49. The van der Waals surface area contributed by atoms with E-state index in [0.29, 0.717) is 0 Å². The largest absolute Gasteiger partial charge is 0.313 e. The molecule has 0 aliphatic rings. The van der Waals surface area contributed by atoms with Gasteiger partial charge in [0.05, 0.1) is 0 Å². The molecular formula is C12H21N3S. The van der Waals surface area contributed by atoms with E-state index >= 15 is 0 Å². The summed E-state index contributed by atoms with van der Waals surface area (Å²) in [6, 6.07) is 0. The molecule has 0 spiro atoms. The van der Waals surface area contributed by atoms with Crippen molar-refractivity contribution in [1.29, 1.82) is 0 Å². The first-order valence-electron chi connectivity index (χ1n) is 5.87. The van der Waals surface area contributed by atoms with Gasteiger partial charge in [-0.3, -0.25) is 0 Å². The molecule has 4 heteroatoms. The molecule has 0 unspecified atom stereocenters. The van der Waals surface area contributed by atoms with E-state index in [9.17, 15) is 0 Å². The Hall–Kier alpha value is -0.610. The molecule has 1 N–H and O–H groups in total. The SMILES string of the molecule is CSCCCCCCNCc1cncnc1. The first kappa shape index (κ1) is 13.5. The molecule has 90 valence electrons. The summed E-state index contributed by atoms with van der Waals surface area (Å²) in [5, 5.41) is 3.41. The fourth-order valence-electron chi connectivity index (χ4n) is 1.50. The number of hydrogen-bond acceptors (Lipinski definition) is 4. The summed E-state index contributed by atoms with van der Waals surface area (Å²) in [5.74, 6) is 1.30. The highest BCUT2D eigenvalue weighted by Gasteiger charge is 1.93. The highest BCUT2D eigenvalue weighted by atomic mass is 32.2. The van der Waals surface area contributed by atoms with Crippen LogP contribution in [0, 0.1) is 0 Å². The second-order valence-corrected chi connectivity index (χ2v) is 4.82. The van der Waals surface area contributed by atoms with E-state index in [1.165, 1.54) is 31.4 Å². The summed E-state index contributed by atoms with van der Waals surface area (Å²) in [5.41, 5.74) is 1.16. The number of nitrogens with one attached hydrogen (secondary N) is 1. The van der Waals surface area contributed by atoms with E-state index in [0.717, 1.165) is 18.7 Å². The van der Waals surface area contributed by atoms with E-state index in [-0.39, 0.29) is 0 Å². The number of thioether (sulfide) groups is 1. The minimum Gasteiger partial charge on any atom is -0.313 e. The van der Waals surface area contributed by atoms with Gasteiger partial charge in [-0.25, -0.2) is 9.97 Å². The molecule has 0 aromatic carbocycles. The first-order chi connectivity index (χ1) is 7.93.